The summed E-state index contributed by atoms with van der Waals surface area (Å²) in [6.45, 7) is 3.52. The van der Waals surface area contributed by atoms with Crippen molar-refractivity contribution < 1.29 is 14.1 Å². The van der Waals surface area contributed by atoms with E-state index < -0.39 is 10.8 Å². The summed E-state index contributed by atoms with van der Waals surface area (Å²) in [6.07, 6.45) is 0. The zero-order valence-electron chi connectivity index (χ0n) is 14.0. The van der Waals surface area contributed by atoms with Crippen molar-refractivity contribution in [3.05, 3.63) is 81.4 Å². The van der Waals surface area contributed by atoms with Gasteiger partial charge < -0.3 is 0 Å². The average molecular weight is 371 g/mol. The van der Waals surface area contributed by atoms with Crippen LogP contribution in [0.4, 0.5) is 10.1 Å². The normalized spacial score (nSPS) is 10.7. The third-order valence-corrected chi connectivity index (χ3v) is 5.06. The Morgan fingerprint density at radius 2 is 1.88 bits per heavy atom. The number of benzene rings is 2. The Morgan fingerprint density at radius 3 is 2.54 bits per heavy atom. The highest BCUT2D eigenvalue weighted by Gasteiger charge is 2.20. The van der Waals surface area contributed by atoms with Gasteiger partial charge in [0.05, 0.1) is 21.2 Å². The van der Waals surface area contributed by atoms with Crippen LogP contribution in [0, 0.1) is 29.8 Å². The van der Waals surface area contributed by atoms with E-state index in [-0.39, 0.29) is 17.1 Å². The molecule has 6 nitrogen and oxygen atoms in total. The summed E-state index contributed by atoms with van der Waals surface area (Å²) in [7, 11) is 0. The zero-order chi connectivity index (χ0) is 18.8. The monoisotopic (exact) mass is 371 g/mol. The largest absolute Gasteiger partial charge is 0.278 e. The number of rotatable bonds is 4. The molecule has 0 N–H and O–H groups in total. The van der Waals surface area contributed by atoms with Gasteiger partial charge in [0.1, 0.15) is 5.82 Å². The average Bonchev–Trinajstić information content (AvgIpc) is 2.91. The number of hydrogen-bond acceptors (Lipinski definition) is 5. The lowest BCUT2D eigenvalue weighted by Crippen LogP contribution is -2.15. The first-order valence-corrected chi connectivity index (χ1v) is 8.47. The fourth-order valence-electron chi connectivity index (χ4n) is 2.47. The van der Waals surface area contributed by atoms with E-state index in [9.17, 15) is 19.3 Å². The van der Waals surface area contributed by atoms with Gasteiger partial charge >= 0.3 is 0 Å². The van der Waals surface area contributed by atoms with Gasteiger partial charge in [-0.25, -0.2) is 4.39 Å². The number of carbonyl (C=O) groups excluding carboxylic acids is 1. The highest BCUT2D eigenvalue weighted by atomic mass is 32.2. The molecule has 3 aromatic rings. The fourth-order valence-corrected chi connectivity index (χ4v) is 3.40. The van der Waals surface area contributed by atoms with Gasteiger partial charge in [0.25, 0.3) is 11.6 Å². The van der Waals surface area contributed by atoms with Crippen molar-refractivity contribution in [2.75, 3.05) is 0 Å². The molecule has 2 aromatic carbocycles. The van der Waals surface area contributed by atoms with Crippen LogP contribution in [0.3, 0.4) is 0 Å². The maximum absolute atomic E-state index is 13.1. The van der Waals surface area contributed by atoms with Crippen molar-refractivity contribution in [2.45, 2.75) is 23.6 Å². The minimum atomic E-state index is -0.548. The third kappa shape index (κ3) is 3.50. The predicted molar refractivity (Wildman–Crippen MR) is 95.0 cm³/mol. The van der Waals surface area contributed by atoms with Crippen LogP contribution >= 0.6 is 11.8 Å². The van der Waals surface area contributed by atoms with Crippen molar-refractivity contribution >= 4 is 23.4 Å². The number of non-ortho nitro benzene ring substituents is 1. The molecule has 0 aliphatic carbocycles. The molecule has 26 heavy (non-hydrogen) atoms. The van der Waals surface area contributed by atoms with Crippen LogP contribution in [0.15, 0.2) is 58.3 Å². The number of hydrogen-bond donors (Lipinski definition) is 0. The maximum Gasteiger partial charge on any atom is 0.278 e. The van der Waals surface area contributed by atoms with Crippen LogP contribution in [-0.2, 0) is 0 Å². The molecule has 0 aliphatic heterocycles. The van der Waals surface area contributed by atoms with E-state index in [0.717, 1.165) is 9.79 Å². The van der Waals surface area contributed by atoms with Crippen molar-refractivity contribution in [3.63, 3.8) is 0 Å². The second-order valence-electron chi connectivity index (χ2n) is 5.58. The van der Waals surface area contributed by atoms with Gasteiger partial charge in [0, 0.05) is 22.6 Å². The lowest BCUT2D eigenvalue weighted by Gasteiger charge is -2.05. The third-order valence-electron chi connectivity index (χ3n) is 3.75. The number of nitro benzene ring substituents is 1. The smallest absolute Gasteiger partial charge is 0.267 e. The molecule has 0 saturated heterocycles. The van der Waals surface area contributed by atoms with Gasteiger partial charge in [-0.2, -0.15) is 9.78 Å². The SMILES string of the molecule is Cc1nn(C(=O)c2cccc([N+](=O)[O-])c2)c(C)c1Sc1ccc(F)cc1. The molecule has 3 rings (SSSR count). The summed E-state index contributed by atoms with van der Waals surface area (Å²) < 4.78 is 14.3. The molecule has 0 unspecified atom stereocenters. The molecule has 8 heteroatoms. The van der Waals surface area contributed by atoms with Crippen LogP contribution in [0.5, 0.6) is 0 Å². The van der Waals surface area contributed by atoms with E-state index in [1.54, 1.807) is 26.0 Å². The van der Waals surface area contributed by atoms with Crippen LogP contribution in [-0.4, -0.2) is 20.6 Å². The molecule has 0 bridgehead atoms. The highest BCUT2D eigenvalue weighted by Crippen LogP contribution is 2.33. The molecule has 0 spiro atoms. The lowest BCUT2D eigenvalue weighted by molar-refractivity contribution is -0.384. The van der Waals surface area contributed by atoms with Crippen LogP contribution in [0.25, 0.3) is 0 Å². The Morgan fingerprint density at radius 1 is 1.19 bits per heavy atom. The molecule has 1 heterocycles. The molecule has 0 atom stereocenters. The topological polar surface area (TPSA) is 78.0 Å². The minimum absolute atomic E-state index is 0.154. The Labute approximate surface area is 152 Å². The number of aromatic nitrogens is 2. The lowest BCUT2D eigenvalue weighted by atomic mass is 10.2. The Bertz CT molecular complexity index is 999. The first-order chi connectivity index (χ1) is 12.4. The standard InChI is InChI=1S/C18H14FN3O3S/c1-11-17(26-16-8-6-14(19)7-9-16)12(2)21(20-11)18(23)13-4-3-5-15(10-13)22(24)25/h3-10H,1-2H3. The van der Waals surface area contributed by atoms with Gasteiger partial charge in [0.15, 0.2) is 0 Å². The maximum atomic E-state index is 13.1. The second kappa shape index (κ2) is 7.09. The number of carbonyl (C=O) groups is 1. The zero-order valence-corrected chi connectivity index (χ0v) is 14.8. The van der Waals surface area contributed by atoms with Crippen LogP contribution < -0.4 is 0 Å². The van der Waals surface area contributed by atoms with E-state index in [4.69, 9.17) is 0 Å². The van der Waals surface area contributed by atoms with E-state index in [2.05, 4.69) is 5.10 Å². The van der Waals surface area contributed by atoms with Crippen LogP contribution in [0.1, 0.15) is 21.7 Å². The van der Waals surface area contributed by atoms with Gasteiger partial charge in [-0.3, -0.25) is 14.9 Å². The van der Waals surface area contributed by atoms with Crippen molar-refractivity contribution in [3.8, 4) is 0 Å². The van der Waals surface area contributed by atoms with Crippen LogP contribution in [0.2, 0.25) is 0 Å². The van der Waals surface area contributed by atoms with E-state index in [0.29, 0.717) is 11.4 Å². The number of nitro groups is 1. The summed E-state index contributed by atoms with van der Waals surface area (Å²) in [6, 6.07) is 11.6. The van der Waals surface area contributed by atoms with Crippen molar-refractivity contribution in [2.24, 2.45) is 0 Å². The number of aryl methyl sites for hydroxylation is 1. The van der Waals surface area contributed by atoms with E-state index in [1.165, 1.54) is 52.8 Å². The van der Waals surface area contributed by atoms with Gasteiger partial charge in [-0.05, 0) is 44.2 Å². The Hall–Kier alpha value is -3.00. The first-order valence-electron chi connectivity index (χ1n) is 7.65. The summed E-state index contributed by atoms with van der Waals surface area (Å²) in [4.78, 5) is 24.7. The van der Waals surface area contributed by atoms with E-state index >= 15 is 0 Å². The fraction of sp³-hybridized carbons (Fsp3) is 0.111. The summed E-state index contributed by atoms with van der Waals surface area (Å²) in [5, 5.41) is 15.2. The Balaban J connectivity index is 1.94. The van der Waals surface area contributed by atoms with Crippen molar-refractivity contribution in [1.29, 1.82) is 0 Å². The molecule has 0 radical (unpaired) electrons. The second-order valence-corrected chi connectivity index (χ2v) is 6.66. The summed E-state index contributed by atoms with van der Waals surface area (Å²) >= 11 is 1.38. The number of halogens is 1. The van der Waals surface area contributed by atoms with Gasteiger partial charge in [0.2, 0.25) is 0 Å². The minimum Gasteiger partial charge on any atom is -0.267 e. The van der Waals surface area contributed by atoms with Crippen molar-refractivity contribution in [1.82, 2.24) is 9.78 Å². The molecule has 1 aromatic heterocycles. The Kier molecular flexibility index (Phi) is 4.85. The molecule has 0 fully saturated rings. The first kappa shape index (κ1) is 17.8. The number of nitrogens with zero attached hydrogens (tertiary/aromatic N) is 3. The molecular weight excluding hydrogens is 357 g/mol. The molecular formula is C18H14FN3O3S. The molecule has 0 saturated carbocycles. The van der Waals surface area contributed by atoms with Gasteiger partial charge in [-0.15, -0.1) is 0 Å². The van der Waals surface area contributed by atoms with E-state index in [1.807, 2.05) is 0 Å². The predicted octanol–water partition coefficient (Wildman–Crippen LogP) is 4.39. The van der Waals surface area contributed by atoms with Gasteiger partial charge in [-0.1, -0.05) is 17.8 Å². The molecule has 132 valence electrons. The quantitative estimate of drug-likeness (QED) is 0.502. The summed E-state index contributed by atoms with van der Waals surface area (Å²) in [5.74, 6) is -0.764. The highest BCUT2D eigenvalue weighted by molar-refractivity contribution is 7.99. The molecule has 0 amide bonds. The molecule has 0 aliphatic rings. The summed E-state index contributed by atoms with van der Waals surface area (Å²) in [5.41, 5.74) is 1.30.